The summed E-state index contributed by atoms with van der Waals surface area (Å²) in [6.07, 6.45) is 1.54. The van der Waals surface area contributed by atoms with Gasteiger partial charge in [-0.3, -0.25) is 0 Å². The molecule has 102 valence electrons. The van der Waals surface area contributed by atoms with Crippen LogP contribution >= 0.6 is 11.6 Å². The first-order valence-corrected chi connectivity index (χ1v) is 6.42. The molecule has 2 aromatic rings. The summed E-state index contributed by atoms with van der Waals surface area (Å²) in [7, 11) is 0. The van der Waals surface area contributed by atoms with E-state index in [2.05, 4.69) is 9.97 Å². The van der Waals surface area contributed by atoms with Crippen LogP contribution in [0.1, 0.15) is 13.2 Å². The average molecular weight is 284 g/mol. The Bertz CT molecular complexity index is 603. The zero-order chi connectivity index (χ0) is 13.6. The van der Waals surface area contributed by atoms with Crippen LogP contribution in [0.2, 0.25) is 5.15 Å². The standard InChI is InChI=1S/C12H14ClN3O3/c1-6-9(18)8(4-17)19-12(6)16-3-2-7-10(13)14-5-15-11(7)16/h2-3,5-6,8-9,12,17-18H,4H2,1H3. The minimum atomic E-state index is -0.704. The van der Waals surface area contributed by atoms with Crippen LogP contribution in [-0.4, -0.2) is 43.6 Å². The van der Waals surface area contributed by atoms with Gasteiger partial charge in [0.1, 0.15) is 29.5 Å². The van der Waals surface area contributed by atoms with Gasteiger partial charge in [-0.05, 0) is 6.07 Å². The largest absolute Gasteiger partial charge is 0.394 e. The number of ether oxygens (including phenoxy) is 1. The molecule has 19 heavy (non-hydrogen) atoms. The Hall–Kier alpha value is -1.21. The van der Waals surface area contributed by atoms with Crippen molar-refractivity contribution in [3.8, 4) is 0 Å². The number of hydrogen-bond donors (Lipinski definition) is 2. The van der Waals surface area contributed by atoms with Gasteiger partial charge in [0.15, 0.2) is 0 Å². The SMILES string of the molecule is CC1C(O)C(CO)OC1n1ccc2c(Cl)ncnc21. The van der Waals surface area contributed by atoms with Crippen molar-refractivity contribution >= 4 is 22.6 Å². The maximum atomic E-state index is 10.00. The van der Waals surface area contributed by atoms with E-state index in [1.165, 1.54) is 6.33 Å². The lowest BCUT2D eigenvalue weighted by atomic mass is 10.0. The summed E-state index contributed by atoms with van der Waals surface area (Å²) in [5.41, 5.74) is 0.655. The van der Waals surface area contributed by atoms with E-state index in [4.69, 9.17) is 16.3 Å². The molecule has 2 aromatic heterocycles. The van der Waals surface area contributed by atoms with Crippen LogP contribution in [0.3, 0.4) is 0 Å². The number of hydrogen-bond acceptors (Lipinski definition) is 5. The molecule has 0 bridgehead atoms. The number of nitrogens with zero attached hydrogens (tertiary/aromatic N) is 3. The van der Waals surface area contributed by atoms with Gasteiger partial charge in [-0.2, -0.15) is 0 Å². The molecule has 1 fully saturated rings. The highest BCUT2D eigenvalue weighted by Gasteiger charge is 2.41. The van der Waals surface area contributed by atoms with Crippen LogP contribution in [-0.2, 0) is 4.74 Å². The van der Waals surface area contributed by atoms with E-state index in [1.807, 2.05) is 17.6 Å². The van der Waals surface area contributed by atoms with Crippen molar-refractivity contribution in [2.45, 2.75) is 25.4 Å². The molecule has 3 rings (SSSR count). The van der Waals surface area contributed by atoms with Crippen molar-refractivity contribution in [2.75, 3.05) is 6.61 Å². The van der Waals surface area contributed by atoms with Gasteiger partial charge in [-0.15, -0.1) is 0 Å². The van der Waals surface area contributed by atoms with Gasteiger partial charge in [-0.1, -0.05) is 18.5 Å². The summed E-state index contributed by atoms with van der Waals surface area (Å²) in [4.78, 5) is 8.12. The molecule has 7 heteroatoms. The molecule has 1 aliphatic heterocycles. The Morgan fingerprint density at radius 1 is 1.47 bits per heavy atom. The molecule has 1 aliphatic rings. The first-order valence-electron chi connectivity index (χ1n) is 6.05. The zero-order valence-electron chi connectivity index (χ0n) is 10.3. The fourth-order valence-electron chi connectivity index (χ4n) is 2.51. The number of rotatable bonds is 2. The minimum Gasteiger partial charge on any atom is -0.394 e. The quantitative estimate of drug-likeness (QED) is 0.803. The number of aromatic nitrogens is 3. The fourth-order valence-corrected chi connectivity index (χ4v) is 2.70. The Morgan fingerprint density at radius 2 is 2.26 bits per heavy atom. The van der Waals surface area contributed by atoms with Crippen LogP contribution in [0.5, 0.6) is 0 Å². The molecule has 4 unspecified atom stereocenters. The summed E-state index contributed by atoms with van der Waals surface area (Å²) in [5.74, 6) is -0.151. The summed E-state index contributed by atoms with van der Waals surface area (Å²) in [6.45, 7) is 1.66. The maximum absolute atomic E-state index is 10.00. The Balaban J connectivity index is 2.04. The highest BCUT2D eigenvalue weighted by Crippen LogP contribution is 2.36. The molecule has 6 nitrogen and oxygen atoms in total. The van der Waals surface area contributed by atoms with Crippen molar-refractivity contribution in [2.24, 2.45) is 5.92 Å². The molecule has 0 amide bonds. The van der Waals surface area contributed by atoms with Crippen molar-refractivity contribution in [3.05, 3.63) is 23.7 Å². The topological polar surface area (TPSA) is 80.4 Å². The molecule has 1 saturated heterocycles. The first kappa shape index (κ1) is 12.8. The fraction of sp³-hybridized carbons (Fsp3) is 0.500. The Kier molecular flexibility index (Phi) is 3.18. The molecular weight excluding hydrogens is 270 g/mol. The monoisotopic (exact) mass is 283 g/mol. The van der Waals surface area contributed by atoms with E-state index in [0.717, 1.165) is 5.39 Å². The van der Waals surface area contributed by atoms with E-state index in [1.54, 1.807) is 6.20 Å². The molecular formula is C12H14ClN3O3. The molecule has 0 aromatic carbocycles. The summed E-state index contributed by atoms with van der Waals surface area (Å²) < 4.78 is 7.50. The van der Waals surface area contributed by atoms with E-state index >= 15 is 0 Å². The van der Waals surface area contributed by atoms with Crippen LogP contribution in [0, 0.1) is 5.92 Å². The van der Waals surface area contributed by atoms with Gasteiger partial charge in [0.2, 0.25) is 0 Å². The Labute approximate surface area is 114 Å². The van der Waals surface area contributed by atoms with Crippen molar-refractivity contribution < 1.29 is 14.9 Å². The van der Waals surface area contributed by atoms with Gasteiger partial charge >= 0.3 is 0 Å². The third kappa shape index (κ3) is 1.92. The molecule has 0 aliphatic carbocycles. The second-order valence-electron chi connectivity index (χ2n) is 4.72. The summed E-state index contributed by atoms with van der Waals surface area (Å²) >= 11 is 6.00. The maximum Gasteiger partial charge on any atom is 0.146 e. The third-order valence-corrected chi connectivity index (χ3v) is 3.90. The van der Waals surface area contributed by atoms with Crippen LogP contribution in [0.15, 0.2) is 18.6 Å². The van der Waals surface area contributed by atoms with E-state index < -0.39 is 12.2 Å². The number of fused-ring (bicyclic) bond motifs is 1. The van der Waals surface area contributed by atoms with Crippen molar-refractivity contribution in [1.82, 2.24) is 14.5 Å². The van der Waals surface area contributed by atoms with E-state index in [0.29, 0.717) is 10.8 Å². The lowest BCUT2D eigenvalue weighted by Crippen LogP contribution is -2.28. The lowest BCUT2D eigenvalue weighted by Gasteiger charge is -2.18. The smallest absolute Gasteiger partial charge is 0.146 e. The molecule has 0 radical (unpaired) electrons. The first-order chi connectivity index (χ1) is 9.13. The third-order valence-electron chi connectivity index (χ3n) is 3.60. The second-order valence-corrected chi connectivity index (χ2v) is 5.08. The van der Waals surface area contributed by atoms with Gasteiger partial charge < -0.3 is 19.5 Å². The highest BCUT2D eigenvalue weighted by atomic mass is 35.5. The predicted molar refractivity (Wildman–Crippen MR) is 68.7 cm³/mol. The number of aliphatic hydroxyl groups excluding tert-OH is 2. The molecule has 0 spiro atoms. The van der Waals surface area contributed by atoms with E-state index in [-0.39, 0.29) is 18.8 Å². The summed E-state index contributed by atoms with van der Waals surface area (Å²) in [6, 6.07) is 1.81. The highest BCUT2D eigenvalue weighted by molar-refractivity contribution is 6.33. The van der Waals surface area contributed by atoms with Crippen molar-refractivity contribution in [1.29, 1.82) is 0 Å². The second kappa shape index (κ2) is 4.72. The van der Waals surface area contributed by atoms with Crippen LogP contribution in [0.25, 0.3) is 11.0 Å². The molecule has 3 heterocycles. The van der Waals surface area contributed by atoms with E-state index in [9.17, 15) is 10.2 Å². The Morgan fingerprint density at radius 3 is 2.95 bits per heavy atom. The number of aliphatic hydroxyl groups is 2. The van der Waals surface area contributed by atoms with Crippen LogP contribution < -0.4 is 0 Å². The average Bonchev–Trinajstić information content (AvgIpc) is 2.94. The minimum absolute atomic E-state index is 0.151. The zero-order valence-corrected chi connectivity index (χ0v) is 11.0. The number of halogens is 1. The predicted octanol–water partition coefficient (Wildman–Crippen LogP) is 0.971. The summed E-state index contributed by atoms with van der Waals surface area (Å²) in [5, 5.41) is 20.3. The lowest BCUT2D eigenvalue weighted by molar-refractivity contribution is -0.0445. The van der Waals surface area contributed by atoms with Gasteiger partial charge in [0, 0.05) is 12.1 Å². The van der Waals surface area contributed by atoms with Crippen LogP contribution in [0.4, 0.5) is 0 Å². The van der Waals surface area contributed by atoms with Crippen molar-refractivity contribution in [3.63, 3.8) is 0 Å². The normalized spacial score (nSPS) is 31.2. The molecule has 4 atom stereocenters. The van der Waals surface area contributed by atoms with Gasteiger partial charge in [0.05, 0.1) is 18.1 Å². The van der Waals surface area contributed by atoms with Gasteiger partial charge in [0.25, 0.3) is 0 Å². The van der Waals surface area contributed by atoms with Gasteiger partial charge in [-0.25, -0.2) is 9.97 Å². The molecule has 0 saturated carbocycles. The molecule has 2 N–H and O–H groups in total.